The van der Waals surface area contributed by atoms with Gasteiger partial charge < -0.3 is 5.73 Å². The highest BCUT2D eigenvalue weighted by Gasteiger charge is 2.31. The molecule has 1 aliphatic rings. The fourth-order valence-electron chi connectivity index (χ4n) is 2.56. The Morgan fingerprint density at radius 3 is 3.00 bits per heavy atom. The van der Waals surface area contributed by atoms with Crippen molar-refractivity contribution in [2.24, 2.45) is 11.7 Å². The molecule has 1 saturated heterocycles. The first-order valence-corrected chi connectivity index (χ1v) is 6.59. The van der Waals surface area contributed by atoms with Gasteiger partial charge in [-0.3, -0.25) is 15.0 Å². The molecule has 0 amide bonds. The molecule has 0 aromatic carbocycles. The highest BCUT2D eigenvalue weighted by atomic mass is 32.1. The molecule has 6 heteroatoms. The lowest BCUT2D eigenvalue weighted by Gasteiger charge is -2.38. The van der Waals surface area contributed by atoms with Crippen LogP contribution in [0.25, 0.3) is 0 Å². The van der Waals surface area contributed by atoms with Gasteiger partial charge in [-0.1, -0.05) is 11.3 Å². The van der Waals surface area contributed by atoms with Gasteiger partial charge in [0.15, 0.2) is 0 Å². The van der Waals surface area contributed by atoms with E-state index in [1.165, 1.54) is 11.3 Å². The number of thiophene rings is 1. The van der Waals surface area contributed by atoms with Gasteiger partial charge in [0.2, 0.25) is 0 Å². The molecule has 0 radical (unpaired) electrons. The average Bonchev–Trinajstić information content (AvgIpc) is 2.77. The Labute approximate surface area is 104 Å². The summed E-state index contributed by atoms with van der Waals surface area (Å²) >= 11 is 1.27. The van der Waals surface area contributed by atoms with Crippen molar-refractivity contribution in [2.75, 3.05) is 20.1 Å². The second kappa shape index (κ2) is 5.12. The highest BCUT2D eigenvalue weighted by molar-refractivity contribution is 7.15. The van der Waals surface area contributed by atoms with Crippen molar-refractivity contribution in [3.05, 3.63) is 27.1 Å². The molecule has 2 atom stereocenters. The third kappa shape index (κ3) is 2.48. The van der Waals surface area contributed by atoms with Gasteiger partial charge in [-0.2, -0.15) is 0 Å². The predicted molar refractivity (Wildman–Crippen MR) is 68.1 cm³/mol. The summed E-state index contributed by atoms with van der Waals surface area (Å²) < 4.78 is 0. The number of rotatable bonds is 3. The van der Waals surface area contributed by atoms with Gasteiger partial charge in [0.25, 0.3) is 0 Å². The summed E-state index contributed by atoms with van der Waals surface area (Å²) in [4.78, 5) is 13.7. The first-order chi connectivity index (χ1) is 8.13. The van der Waals surface area contributed by atoms with Crippen LogP contribution in [0.15, 0.2) is 12.1 Å². The third-order valence-electron chi connectivity index (χ3n) is 3.39. The van der Waals surface area contributed by atoms with Crippen LogP contribution in [0.1, 0.15) is 23.8 Å². The molecule has 5 nitrogen and oxygen atoms in total. The molecule has 0 aliphatic carbocycles. The molecule has 1 fully saturated rings. The van der Waals surface area contributed by atoms with Crippen molar-refractivity contribution in [2.45, 2.75) is 18.9 Å². The maximum atomic E-state index is 10.7. The Bertz CT molecular complexity index is 407. The van der Waals surface area contributed by atoms with Crippen LogP contribution in [-0.2, 0) is 0 Å². The van der Waals surface area contributed by atoms with E-state index in [-0.39, 0.29) is 16.0 Å². The maximum Gasteiger partial charge on any atom is 0.324 e. The van der Waals surface area contributed by atoms with Gasteiger partial charge in [0, 0.05) is 17.0 Å². The number of hydrogen-bond donors (Lipinski definition) is 1. The van der Waals surface area contributed by atoms with Crippen LogP contribution in [0.3, 0.4) is 0 Å². The second-order valence-corrected chi connectivity index (χ2v) is 5.59. The number of likely N-dealkylation sites (tertiary alicyclic amines) is 1. The van der Waals surface area contributed by atoms with E-state index in [1.807, 2.05) is 6.07 Å². The molecule has 2 unspecified atom stereocenters. The summed E-state index contributed by atoms with van der Waals surface area (Å²) in [5, 5.41) is 10.9. The molecular weight excluding hydrogens is 238 g/mol. The summed E-state index contributed by atoms with van der Waals surface area (Å²) in [6, 6.07) is 3.71. The summed E-state index contributed by atoms with van der Waals surface area (Å²) in [5.41, 5.74) is 5.80. The molecule has 2 heterocycles. The lowest BCUT2D eigenvalue weighted by Crippen LogP contribution is -2.38. The minimum Gasteiger partial charge on any atom is -0.330 e. The number of piperidine rings is 1. The fourth-order valence-corrected chi connectivity index (χ4v) is 3.64. The molecule has 2 N–H and O–H groups in total. The van der Waals surface area contributed by atoms with E-state index < -0.39 is 0 Å². The average molecular weight is 255 g/mol. The SMILES string of the molecule is CN1CCCC(CN)C1c1ccc([N+](=O)[O-])s1. The molecule has 1 aromatic heterocycles. The van der Waals surface area contributed by atoms with Gasteiger partial charge in [-0.15, -0.1) is 0 Å². The van der Waals surface area contributed by atoms with Crippen LogP contribution in [0, 0.1) is 16.0 Å². The fraction of sp³-hybridized carbons (Fsp3) is 0.636. The zero-order valence-corrected chi connectivity index (χ0v) is 10.7. The first kappa shape index (κ1) is 12.5. The smallest absolute Gasteiger partial charge is 0.324 e. The van der Waals surface area contributed by atoms with E-state index in [2.05, 4.69) is 11.9 Å². The molecule has 0 spiro atoms. The van der Waals surface area contributed by atoms with Crippen LogP contribution in [0.2, 0.25) is 0 Å². The van der Waals surface area contributed by atoms with Gasteiger partial charge in [-0.05, 0) is 45.0 Å². The van der Waals surface area contributed by atoms with Crippen molar-refractivity contribution >= 4 is 16.3 Å². The van der Waals surface area contributed by atoms with Crippen molar-refractivity contribution in [1.29, 1.82) is 0 Å². The van der Waals surface area contributed by atoms with E-state index in [1.54, 1.807) is 6.07 Å². The second-order valence-electron chi connectivity index (χ2n) is 4.50. The van der Waals surface area contributed by atoms with Gasteiger partial charge in [0.05, 0.1) is 4.92 Å². The van der Waals surface area contributed by atoms with Crippen molar-refractivity contribution in [1.82, 2.24) is 4.90 Å². The summed E-state index contributed by atoms with van der Waals surface area (Å²) in [5.74, 6) is 0.409. The van der Waals surface area contributed by atoms with Crippen molar-refractivity contribution in [3.63, 3.8) is 0 Å². The molecule has 17 heavy (non-hydrogen) atoms. The molecule has 1 aliphatic heterocycles. The summed E-state index contributed by atoms with van der Waals surface area (Å²) in [7, 11) is 2.07. The van der Waals surface area contributed by atoms with Gasteiger partial charge in [0.1, 0.15) is 0 Å². The molecule has 2 rings (SSSR count). The Morgan fingerprint density at radius 1 is 1.65 bits per heavy atom. The Balaban J connectivity index is 2.25. The minimum atomic E-state index is -0.325. The molecule has 94 valence electrons. The summed E-state index contributed by atoms with van der Waals surface area (Å²) in [6.07, 6.45) is 2.26. The van der Waals surface area contributed by atoms with E-state index >= 15 is 0 Å². The molecule has 0 saturated carbocycles. The maximum absolute atomic E-state index is 10.7. The zero-order valence-electron chi connectivity index (χ0n) is 9.83. The lowest BCUT2D eigenvalue weighted by molar-refractivity contribution is -0.380. The number of nitrogens with zero attached hydrogens (tertiary/aromatic N) is 2. The van der Waals surface area contributed by atoms with Crippen molar-refractivity contribution < 1.29 is 4.92 Å². The van der Waals surface area contributed by atoms with Gasteiger partial charge in [-0.25, -0.2) is 0 Å². The Hall–Kier alpha value is -0.980. The standard InChI is InChI=1S/C11H17N3O2S/c1-13-6-2-3-8(7-12)11(13)9-4-5-10(17-9)14(15)16/h4-5,8,11H,2-3,6-7,12H2,1H3. The van der Waals surface area contributed by atoms with Crippen LogP contribution in [-0.4, -0.2) is 30.0 Å². The van der Waals surface area contributed by atoms with E-state index in [0.29, 0.717) is 12.5 Å². The third-order valence-corrected chi connectivity index (χ3v) is 4.50. The van der Waals surface area contributed by atoms with E-state index in [0.717, 1.165) is 24.3 Å². The lowest BCUT2D eigenvalue weighted by atomic mass is 9.88. The first-order valence-electron chi connectivity index (χ1n) is 5.78. The Kier molecular flexibility index (Phi) is 3.76. The predicted octanol–water partition coefficient (Wildman–Crippen LogP) is 2.00. The normalized spacial score (nSPS) is 26.0. The van der Waals surface area contributed by atoms with E-state index in [9.17, 15) is 10.1 Å². The number of nitro groups is 1. The molecular formula is C11H17N3O2S. The van der Waals surface area contributed by atoms with Crippen LogP contribution < -0.4 is 5.73 Å². The zero-order chi connectivity index (χ0) is 12.4. The Morgan fingerprint density at radius 2 is 2.41 bits per heavy atom. The minimum absolute atomic E-state index is 0.217. The van der Waals surface area contributed by atoms with Crippen LogP contribution >= 0.6 is 11.3 Å². The van der Waals surface area contributed by atoms with Crippen LogP contribution in [0.4, 0.5) is 5.00 Å². The molecule has 1 aromatic rings. The highest BCUT2D eigenvalue weighted by Crippen LogP contribution is 2.39. The quantitative estimate of drug-likeness (QED) is 0.662. The monoisotopic (exact) mass is 255 g/mol. The van der Waals surface area contributed by atoms with Crippen LogP contribution in [0.5, 0.6) is 0 Å². The van der Waals surface area contributed by atoms with E-state index in [4.69, 9.17) is 5.73 Å². The number of hydrogen-bond acceptors (Lipinski definition) is 5. The van der Waals surface area contributed by atoms with Crippen molar-refractivity contribution in [3.8, 4) is 0 Å². The summed E-state index contributed by atoms with van der Waals surface area (Å²) in [6.45, 7) is 1.67. The number of nitrogens with two attached hydrogens (primary N) is 1. The largest absolute Gasteiger partial charge is 0.330 e. The molecule has 0 bridgehead atoms. The topological polar surface area (TPSA) is 72.4 Å². The van der Waals surface area contributed by atoms with Gasteiger partial charge >= 0.3 is 5.00 Å².